The summed E-state index contributed by atoms with van der Waals surface area (Å²) in [7, 11) is 0. The van der Waals surface area contributed by atoms with Gasteiger partial charge in [0.2, 0.25) is 5.95 Å². The third-order valence-corrected chi connectivity index (χ3v) is 5.67. The van der Waals surface area contributed by atoms with Crippen molar-refractivity contribution in [3.8, 4) is 0 Å². The quantitative estimate of drug-likeness (QED) is 0.744. The van der Waals surface area contributed by atoms with Crippen LogP contribution in [0.15, 0.2) is 54.2 Å². The van der Waals surface area contributed by atoms with E-state index in [4.69, 9.17) is 0 Å². The molecule has 1 N–H and O–H groups in total. The van der Waals surface area contributed by atoms with E-state index < -0.39 is 0 Å². The first kappa shape index (κ1) is 16.7. The molecule has 5 nitrogen and oxygen atoms in total. The summed E-state index contributed by atoms with van der Waals surface area (Å²) in [6, 6.07) is 11.6. The second-order valence-electron chi connectivity index (χ2n) is 6.25. The highest BCUT2D eigenvalue weighted by Gasteiger charge is 2.30. The molecule has 1 aliphatic rings. The number of hydrogen-bond acceptors (Lipinski definition) is 5. The Morgan fingerprint density at radius 3 is 2.92 bits per heavy atom. The SMILES string of the molecule is CC[C@H]1c2ccsc2CCN1C(=O)c1cccc(Nc2ncccn2)c1. The van der Waals surface area contributed by atoms with Crippen molar-refractivity contribution in [2.45, 2.75) is 25.8 Å². The Hall–Kier alpha value is -2.73. The van der Waals surface area contributed by atoms with Crippen LogP contribution in [-0.4, -0.2) is 27.3 Å². The molecule has 1 amide bonds. The van der Waals surface area contributed by atoms with E-state index in [1.807, 2.05) is 29.2 Å². The lowest BCUT2D eigenvalue weighted by Crippen LogP contribution is -2.39. The van der Waals surface area contributed by atoms with E-state index in [1.54, 1.807) is 29.8 Å². The standard InChI is InChI=1S/C20H20N4OS/c1-2-17-16-8-12-26-18(16)7-11-24(17)19(25)14-5-3-6-15(13-14)23-20-21-9-4-10-22-20/h3-6,8-10,12-13,17H,2,7,11H2,1H3,(H,21,22,23)/t17-/m0/s1. The molecule has 0 unspecified atom stereocenters. The van der Waals surface area contributed by atoms with Gasteiger partial charge in [-0.2, -0.15) is 0 Å². The minimum Gasteiger partial charge on any atom is -0.331 e. The number of nitrogens with one attached hydrogen (secondary N) is 1. The van der Waals surface area contributed by atoms with E-state index >= 15 is 0 Å². The molecule has 0 aliphatic carbocycles. The summed E-state index contributed by atoms with van der Waals surface area (Å²) < 4.78 is 0. The molecule has 3 heterocycles. The molecule has 26 heavy (non-hydrogen) atoms. The molecule has 0 saturated heterocycles. The van der Waals surface area contributed by atoms with Crippen LogP contribution in [0.2, 0.25) is 0 Å². The molecule has 3 aromatic rings. The highest BCUT2D eigenvalue weighted by Crippen LogP contribution is 2.36. The summed E-state index contributed by atoms with van der Waals surface area (Å²) >= 11 is 1.80. The molecule has 2 aromatic heterocycles. The van der Waals surface area contributed by atoms with Gasteiger partial charge in [-0.25, -0.2) is 9.97 Å². The van der Waals surface area contributed by atoms with Gasteiger partial charge in [-0.1, -0.05) is 13.0 Å². The first-order valence-electron chi connectivity index (χ1n) is 8.77. The maximum atomic E-state index is 13.2. The number of thiophene rings is 1. The molecule has 0 spiro atoms. The Bertz CT molecular complexity index is 909. The first-order valence-corrected chi connectivity index (χ1v) is 9.65. The Morgan fingerprint density at radius 2 is 2.12 bits per heavy atom. The minimum absolute atomic E-state index is 0.0753. The van der Waals surface area contributed by atoms with E-state index in [1.165, 1.54) is 10.4 Å². The van der Waals surface area contributed by atoms with Crippen LogP contribution in [0.3, 0.4) is 0 Å². The summed E-state index contributed by atoms with van der Waals surface area (Å²) in [5, 5.41) is 5.28. The maximum Gasteiger partial charge on any atom is 0.254 e. The van der Waals surface area contributed by atoms with E-state index in [2.05, 4.69) is 33.7 Å². The van der Waals surface area contributed by atoms with Crippen LogP contribution in [0.5, 0.6) is 0 Å². The number of nitrogens with zero attached hydrogens (tertiary/aromatic N) is 3. The van der Waals surface area contributed by atoms with Gasteiger partial charge in [0.05, 0.1) is 6.04 Å². The van der Waals surface area contributed by atoms with Gasteiger partial charge in [-0.15, -0.1) is 11.3 Å². The van der Waals surface area contributed by atoms with Gasteiger partial charge in [0.15, 0.2) is 0 Å². The van der Waals surface area contributed by atoms with Gasteiger partial charge in [-0.05, 0) is 54.1 Å². The molecule has 4 rings (SSSR count). The van der Waals surface area contributed by atoms with Crippen LogP contribution in [0.1, 0.15) is 40.2 Å². The number of carbonyl (C=O) groups is 1. The van der Waals surface area contributed by atoms with Gasteiger partial charge in [0, 0.05) is 35.1 Å². The van der Waals surface area contributed by atoms with Crippen LogP contribution in [0, 0.1) is 0 Å². The molecule has 132 valence electrons. The second-order valence-corrected chi connectivity index (χ2v) is 7.25. The Labute approximate surface area is 156 Å². The van der Waals surface area contributed by atoms with Gasteiger partial charge in [0.25, 0.3) is 5.91 Å². The van der Waals surface area contributed by atoms with Crippen molar-refractivity contribution in [3.63, 3.8) is 0 Å². The summed E-state index contributed by atoms with van der Waals surface area (Å²) in [4.78, 5) is 24.9. The highest BCUT2D eigenvalue weighted by atomic mass is 32.1. The Kier molecular flexibility index (Phi) is 4.67. The molecule has 6 heteroatoms. The van der Waals surface area contributed by atoms with Crippen molar-refractivity contribution in [2.75, 3.05) is 11.9 Å². The van der Waals surface area contributed by atoms with Gasteiger partial charge < -0.3 is 10.2 Å². The highest BCUT2D eigenvalue weighted by molar-refractivity contribution is 7.10. The number of amides is 1. The first-order chi connectivity index (χ1) is 12.8. The Morgan fingerprint density at radius 1 is 1.27 bits per heavy atom. The topological polar surface area (TPSA) is 58.1 Å². The van der Waals surface area contributed by atoms with Gasteiger partial charge in [0.1, 0.15) is 0 Å². The van der Waals surface area contributed by atoms with Crippen LogP contribution >= 0.6 is 11.3 Å². The average molecular weight is 364 g/mol. The van der Waals surface area contributed by atoms with Crippen molar-refractivity contribution in [2.24, 2.45) is 0 Å². The number of benzene rings is 1. The average Bonchev–Trinajstić information content (AvgIpc) is 3.16. The van der Waals surface area contributed by atoms with E-state index in [0.29, 0.717) is 11.5 Å². The molecule has 0 bridgehead atoms. The zero-order chi connectivity index (χ0) is 17.9. The van der Waals surface area contributed by atoms with E-state index in [0.717, 1.165) is 25.1 Å². The molecule has 0 fully saturated rings. The third-order valence-electron chi connectivity index (χ3n) is 4.67. The Balaban J connectivity index is 1.58. The number of carbonyl (C=O) groups excluding carboxylic acids is 1. The molecule has 0 saturated carbocycles. The van der Waals surface area contributed by atoms with Gasteiger partial charge in [-0.3, -0.25) is 4.79 Å². The molecular formula is C20H20N4OS. The number of hydrogen-bond donors (Lipinski definition) is 1. The summed E-state index contributed by atoms with van der Waals surface area (Å²) in [6.45, 7) is 2.91. The van der Waals surface area contributed by atoms with Crippen LogP contribution in [0.4, 0.5) is 11.6 Å². The maximum absolute atomic E-state index is 13.2. The molecule has 1 aromatic carbocycles. The van der Waals surface area contributed by atoms with E-state index in [9.17, 15) is 4.79 Å². The summed E-state index contributed by atoms with van der Waals surface area (Å²) in [6.07, 6.45) is 5.22. The fraction of sp³-hybridized carbons (Fsp3) is 0.250. The molecule has 1 aliphatic heterocycles. The zero-order valence-electron chi connectivity index (χ0n) is 14.6. The lowest BCUT2D eigenvalue weighted by Gasteiger charge is -2.35. The van der Waals surface area contributed by atoms with Crippen LogP contribution < -0.4 is 5.32 Å². The van der Waals surface area contributed by atoms with Crippen molar-refractivity contribution < 1.29 is 4.79 Å². The smallest absolute Gasteiger partial charge is 0.254 e. The number of fused-ring (bicyclic) bond motifs is 1. The monoisotopic (exact) mass is 364 g/mol. The predicted octanol–water partition coefficient (Wildman–Crippen LogP) is 4.43. The fourth-order valence-electron chi connectivity index (χ4n) is 3.47. The number of aromatic nitrogens is 2. The lowest BCUT2D eigenvalue weighted by atomic mass is 9.97. The molecule has 1 atom stereocenters. The van der Waals surface area contributed by atoms with Crippen molar-refractivity contribution in [1.82, 2.24) is 14.9 Å². The van der Waals surface area contributed by atoms with Crippen LogP contribution in [0.25, 0.3) is 0 Å². The van der Waals surface area contributed by atoms with E-state index in [-0.39, 0.29) is 11.9 Å². The number of anilines is 2. The molecular weight excluding hydrogens is 344 g/mol. The number of rotatable bonds is 4. The lowest BCUT2D eigenvalue weighted by molar-refractivity contribution is 0.0657. The van der Waals surface area contributed by atoms with Gasteiger partial charge >= 0.3 is 0 Å². The summed E-state index contributed by atoms with van der Waals surface area (Å²) in [5.41, 5.74) is 2.80. The third kappa shape index (κ3) is 3.20. The van der Waals surface area contributed by atoms with Crippen molar-refractivity contribution in [1.29, 1.82) is 0 Å². The zero-order valence-corrected chi connectivity index (χ0v) is 15.4. The normalized spacial score (nSPS) is 16.2. The van der Waals surface area contributed by atoms with Crippen molar-refractivity contribution in [3.05, 3.63) is 70.2 Å². The predicted molar refractivity (Wildman–Crippen MR) is 104 cm³/mol. The summed E-state index contributed by atoms with van der Waals surface area (Å²) in [5.74, 6) is 0.593. The largest absolute Gasteiger partial charge is 0.331 e. The second kappa shape index (κ2) is 7.25. The van der Waals surface area contributed by atoms with Crippen LogP contribution in [-0.2, 0) is 6.42 Å². The van der Waals surface area contributed by atoms with Crippen molar-refractivity contribution >= 4 is 28.9 Å². The molecule has 0 radical (unpaired) electrons. The fourth-order valence-corrected chi connectivity index (χ4v) is 4.40. The minimum atomic E-state index is 0.0753.